The van der Waals surface area contributed by atoms with E-state index in [0.717, 1.165) is 51.2 Å². The van der Waals surface area contributed by atoms with Crippen LogP contribution in [0.5, 0.6) is 0 Å². The number of hydrogen-bond donors (Lipinski definition) is 0. The molecule has 0 aliphatic carbocycles. The molecule has 0 aliphatic rings. The Kier molecular flexibility index (Phi) is 21.9. The Morgan fingerprint density at radius 3 is 0.844 bits per heavy atom. The zero-order chi connectivity index (χ0) is 96.9. The van der Waals surface area contributed by atoms with Crippen LogP contribution in [-0.2, 0) is 0 Å². The number of benzene rings is 24. The summed E-state index contributed by atoms with van der Waals surface area (Å²) in [5.74, 6) is 0. The monoisotopic (exact) mass is 2070 g/mol. The molecule has 690 valence electrons. The normalized spacial score (nSPS) is 11.7. The maximum absolute atomic E-state index is 2.47. The minimum absolute atomic E-state index is 0.314. The molecule has 6 heterocycles. The first-order valence-electron chi connectivity index (χ1n) is 50.1. The van der Waals surface area contributed by atoms with Gasteiger partial charge < -0.3 is 0 Å². The van der Waals surface area contributed by atoms with Gasteiger partial charge in [-0.15, -0.1) is 0 Å². The summed E-state index contributed by atoms with van der Waals surface area (Å²) in [7, 11) is 0. The zero-order valence-electron chi connectivity index (χ0n) is 79.9. The van der Waals surface area contributed by atoms with Gasteiger partial charge in [-0.3, -0.25) is 0 Å². The molecule has 0 saturated heterocycles. The predicted molar refractivity (Wildman–Crippen MR) is 631 cm³/mol. The van der Waals surface area contributed by atoms with Gasteiger partial charge in [0.2, 0.25) is 0 Å². The van der Waals surface area contributed by atoms with Crippen molar-refractivity contribution in [3.63, 3.8) is 0 Å². The minimum Gasteiger partial charge on any atom is -0.0602 e. The molecular weight excluding hydrogens is 1980 g/mol. The minimum atomic E-state index is 0.314. The summed E-state index contributed by atoms with van der Waals surface area (Å²) in [4.78, 5) is 7.32. The number of anilines is 9. The molecule has 0 fully saturated rings. The molecule has 30 aromatic rings. The molecule has 9 heteroatoms. The fourth-order valence-electron chi connectivity index (χ4n) is 22.5. The van der Waals surface area contributed by atoms with Crippen LogP contribution < -0.4 is 14.7 Å². The first-order valence-corrected chi connectivity index (χ1v) is 55.2. The van der Waals surface area contributed by atoms with Crippen LogP contribution >= 0.6 is 0 Å². The van der Waals surface area contributed by atoms with Crippen molar-refractivity contribution in [2.45, 2.75) is 0 Å². The van der Waals surface area contributed by atoms with Gasteiger partial charge in [-0.25, -0.2) is 0 Å². The summed E-state index contributed by atoms with van der Waals surface area (Å²) in [6.45, 7) is 0. The average molecular weight is 2070 g/mol. The van der Waals surface area contributed by atoms with Crippen LogP contribution in [0.3, 0.4) is 0 Å². The second-order valence-electron chi connectivity index (χ2n) is 37.7. The SMILES string of the molecule is c1ccc(-n2c3ccccc3c3cc(N(c4ccc(-c5ccc6ccccc6c5)cc4)c4ccc5[se]c6ccccc6c5c4)ccc32)cc1.c1ccc(-n2c3ccccc3c3cc(N(c4ccc(-c5cccc6ccccc56)cc4)c4ccc5[se]c6ccccc6c5c4)ccc32)cc1.c1ccc(-n2c3ccccc3c3cc(N(c4ccc5[se]c6ccccc6c5c4)c4ccccc4-c4cccc5ccccc45)ccc32)cc1. The molecule has 0 spiro atoms. The standard InChI is InChI=1S/3C46H30N2Se/c1-2-15-32(16-3-1)48-43-23-10-7-19-38(43)40-29-33(25-27-44(40)48)47(34-26-28-46-41(30-34)39-20-8-11-24-45(39)49-46)42-22-9-6-18-37(42)36-21-12-14-31-13-4-5-17-35(31)36;1-2-13-33(14-3-1)48-43-19-8-6-16-39(43)41-29-35(25-27-44(41)48)47(36-26-28-46-42(30-36)40-17-7-9-20-45(40)49-46)34-23-21-32(22-24-34)38-18-10-12-31-11-4-5-15-37(31)38;1-2-12-35(13-3-1)48-43-16-8-6-14-39(43)41-29-37(24-26-44(41)48)47(38-25-27-46-42(30-38)40-15-7-9-17-45(40)49-46)36-22-20-32(21-23-36)34-19-18-31-10-4-5-11-33(31)28-34/h3*1-30H. The van der Waals surface area contributed by atoms with Gasteiger partial charge in [-0.2, -0.15) is 0 Å². The Hall–Kier alpha value is -17.6. The van der Waals surface area contributed by atoms with Gasteiger partial charge in [0.15, 0.2) is 0 Å². The molecule has 147 heavy (non-hydrogen) atoms. The van der Waals surface area contributed by atoms with Crippen LogP contribution in [0.1, 0.15) is 0 Å². The van der Waals surface area contributed by atoms with Crippen molar-refractivity contribution in [3.05, 3.63) is 546 Å². The fourth-order valence-corrected chi connectivity index (χ4v) is 29.4. The van der Waals surface area contributed by atoms with Crippen LogP contribution in [0.2, 0.25) is 0 Å². The fraction of sp³-hybridized carbons (Fsp3) is 0. The van der Waals surface area contributed by atoms with E-state index in [-0.39, 0.29) is 0 Å². The van der Waals surface area contributed by atoms with Crippen LogP contribution in [0.25, 0.3) is 206 Å². The van der Waals surface area contributed by atoms with Crippen molar-refractivity contribution in [2.24, 2.45) is 0 Å². The Morgan fingerprint density at radius 1 is 0.136 bits per heavy atom. The summed E-state index contributed by atoms with van der Waals surface area (Å²) < 4.78 is 15.9. The topological polar surface area (TPSA) is 24.5 Å². The number of nitrogens with zero attached hydrogens (tertiary/aromatic N) is 6. The van der Waals surface area contributed by atoms with Crippen molar-refractivity contribution in [2.75, 3.05) is 14.7 Å². The summed E-state index contributed by atoms with van der Waals surface area (Å²) >= 11 is 0.969. The van der Waals surface area contributed by atoms with Crippen LogP contribution in [0, 0.1) is 0 Å². The van der Waals surface area contributed by atoms with E-state index >= 15 is 0 Å². The Labute approximate surface area is 867 Å². The van der Waals surface area contributed by atoms with Crippen molar-refractivity contribution in [3.8, 4) is 50.4 Å². The average Bonchev–Trinajstić information content (AvgIpc) is 1.61. The Balaban J connectivity index is 0.000000107. The third kappa shape index (κ3) is 15.5. The third-order valence-electron chi connectivity index (χ3n) is 29.3. The molecule has 0 N–H and O–H groups in total. The number of hydrogen-bond acceptors (Lipinski definition) is 3. The zero-order valence-corrected chi connectivity index (χ0v) is 85.0. The first-order chi connectivity index (χ1) is 72.9. The van der Waals surface area contributed by atoms with E-state index in [1.807, 2.05) is 0 Å². The van der Waals surface area contributed by atoms with Crippen LogP contribution in [-0.4, -0.2) is 57.2 Å². The summed E-state index contributed by atoms with van der Waals surface area (Å²) in [6, 6.07) is 200. The number of para-hydroxylation sites is 7. The third-order valence-corrected chi connectivity index (χ3v) is 36.6. The number of aromatic nitrogens is 3. The molecule has 6 aromatic heterocycles. The van der Waals surface area contributed by atoms with Crippen molar-refractivity contribution >= 4 is 250 Å². The van der Waals surface area contributed by atoms with E-state index in [1.165, 1.54) is 206 Å². The molecule has 0 atom stereocenters. The molecule has 6 nitrogen and oxygen atoms in total. The van der Waals surface area contributed by atoms with Gasteiger partial charge in [0.25, 0.3) is 0 Å². The maximum atomic E-state index is 2.47. The molecule has 0 radical (unpaired) electrons. The second-order valence-corrected chi connectivity index (χ2v) is 44.6. The molecule has 30 rings (SSSR count). The Morgan fingerprint density at radius 2 is 0.415 bits per heavy atom. The van der Waals surface area contributed by atoms with E-state index in [1.54, 1.807) is 0 Å². The molecule has 0 amide bonds. The molecule has 0 aliphatic heterocycles. The van der Waals surface area contributed by atoms with Crippen LogP contribution in [0.4, 0.5) is 51.2 Å². The van der Waals surface area contributed by atoms with Crippen molar-refractivity contribution in [1.82, 2.24) is 13.7 Å². The summed E-state index contributed by atoms with van der Waals surface area (Å²) in [5.41, 5.74) is 28.4. The molecule has 24 aromatic carbocycles. The van der Waals surface area contributed by atoms with Crippen LogP contribution in [0.15, 0.2) is 546 Å². The number of fused-ring (bicyclic) bond motifs is 21. The quantitative estimate of drug-likeness (QED) is 0.0956. The summed E-state index contributed by atoms with van der Waals surface area (Å²) in [6.07, 6.45) is 0. The van der Waals surface area contributed by atoms with E-state index in [4.69, 9.17) is 0 Å². The van der Waals surface area contributed by atoms with Gasteiger partial charge >= 0.3 is 767 Å². The van der Waals surface area contributed by atoms with Crippen molar-refractivity contribution < 1.29 is 0 Å². The van der Waals surface area contributed by atoms with E-state index in [9.17, 15) is 0 Å². The molecule has 0 bridgehead atoms. The molecule has 0 unspecified atom stereocenters. The molecule has 0 saturated carbocycles. The smallest absolute Gasteiger partial charge is 0.0602 e. The summed E-state index contributed by atoms with van der Waals surface area (Å²) in [5, 5.41) is 23.2. The van der Waals surface area contributed by atoms with Crippen molar-refractivity contribution in [1.29, 1.82) is 0 Å². The van der Waals surface area contributed by atoms with Gasteiger partial charge in [-0.05, 0) is 5.39 Å². The van der Waals surface area contributed by atoms with Gasteiger partial charge in [0.1, 0.15) is 0 Å². The van der Waals surface area contributed by atoms with Gasteiger partial charge in [0, 0.05) is 0 Å². The van der Waals surface area contributed by atoms with E-state index < -0.39 is 0 Å². The number of rotatable bonds is 15. The first kappa shape index (κ1) is 87.2. The Bertz CT molecular complexity index is 10300. The van der Waals surface area contributed by atoms with Gasteiger partial charge in [-0.1, -0.05) is 103 Å². The van der Waals surface area contributed by atoms with E-state index in [2.05, 4.69) is 574 Å². The second kappa shape index (κ2) is 37.0. The van der Waals surface area contributed by atoms with Gasteiger partial charge in [0.05, 0.1) is 0 Å². The predicted octanol–water partition coefficient (Wildman–Crippen LogP) is 37.3. The molecular formula is C138H90N6Se3. The van der Waals surface area contributed by atoms with E-state index in [0.29, 0.717) is 43.5 Å².